The van der Waals surface area contributed by atoms with Crippen LogP contribution in [0.1, 0.15) is 50.2 Å². The Balaban J connectivity index is 1.75. The lowest BCUT2D eigenvalue weighted by Gasteiger charge is -2.32. The van der Waals surface area contributed by atoms with E-state index in [9.17, 15) is 0 Å². The van der Waals surface area contributed by atoms with Crippen LogP contribution in [0.15, 0.2) is 4.52 Å². The second kappa shape index (κ2) is 5.77. The van der Waals surface area contributed by atoms with Gasteiger partial charge in [0, 0.05) is 12.0 Å². The second-order valence-electron chi connectivity index (χ2n) is 6.60. The molecule has 0 aliphatic carbocycles. The highest BCUT2D eigenvalue weighted by Gasteiger charge is 2.30. The van der Waals surface area contributed by atoms with Crippen molar-refractivity contribution in [3.63, 3.8) is 0 Å². The van der Waals surface area contributed by atoms with Crippen LogP contribution in [0.5, 0.6) is 0 Å². The minimum absolute atomic E-state index is 0.0434. The SMILES string of the molecule is Cc1noc(C2COCCN2Cc2nc(C(C)(C)C)n[nH]2)n1. The van der Waals surface area contributed by atoms with E-state index >= 15 is 0 Å². The lowest BCUT2D eigenvalue weighted by Crippen LogP contribution is -2.39. The quantitative estimate of drug-likeness (QED) is 0.915. The van der Waals surface area contributed by atoms with Gasteiger partial charge in [-0.3, -0.25) is 10.00 Å². The number of nitrogens with one attached hydrogen (secondary N) is 1. The fourth-order valence-electron chi connectivity index (χ4n) is 2.40. The van der Waals surface area contributed by atoms with Gasteiger partial charge in [-0.2, -0.15) is 10.1 Å². The van der Waals surface area contributed by atoms with Crippen molar-refractivity contribution in [3.8, 4) is 0 Å². The molecule has 1 saturated heterocycles. The predicted octanol–water partition coefficient (Wildman–Crippen LogP) is 1.37. The topological polar surface area (TPSA) is 93.0 Å². The summed E-state index contributed by atoms with van der Waals surface area (Å²) in [5.74, 6) is 2.89. The van der Waals surface area contributed by atoms with Gasteiger partial charge < -0.3 is 9.26 Å². The Bertz CT molecular complexity index is 629. The first-order chi connectivity index (χ1) is 10.4. The zero-order valence-corrected chi connectivity index (χ0v) is 13.5. The molecule has 1 unspecified atom stereocenters. The summed E-state index contributed by atoms with van der Waals surface area (Å²) in [7, 11) is 0. The summed E-state index contributed by atoms with van der Waals surface area (Å²) in [5.41, 5.74) is -0.0667. The highest BCUT2D eigenvalue weighted by molar-refractivity contribution is 5.03. The van der Waals surface area contributed by atoms with Gasteiger partial charge in [0.05, 0.1) is 19.8 Å². The summed E-state index contributed by atoms with van der Waals surface area (Å²) in [6, 6.07) is -0.0434. The Labute approximate surface area is 129 Å². The fourth-order valence-corrected chi connectivity index (χ4v) is 2.40. The molecule has 8 heteroatoms. The van der Waals surface area contributed by atoms with E-state index in [-0.39, 0.29) is 11.5 Å². The molecule has 8 nitrogen and oxygen atoms in total. The van der Waals surface area contributed by atoms with Gasteiger partial charge in [-0.15, -0.1) is 0 Å². The van der Waals surface area contributed by atoms with Crippen molar-refractivity contribution in [2.24, 2.45) is 0 Å². The molecule has 2 aromatic rings. The fraction of sp³-hybridized carbons (Fsp3) is 0.714. The number of ether oxygens (including phenoxy) is 1. The van der Waals surface area contributed by atoms with Crippen molar-refractivity contribution >= 4 is 0 Å². The van der Waals surface area contributed by atoms with Crippen molar-refractivity contribution in [3.05, 3.63) is 23.4 Å². The van der Waals surface area contributed by atoms with Crippen LogP contribution in [0.3, 0.4) is 0 Å². The van der Waals surface area contributed by atoms with E-state index in [1.54, 1.807) is 0 Å². The third-order valence-electron chi connectivity index (χ3n) is 3.62. The molecule has 3 heterocycles. The van der Waals surface area contributed by atoms with Gasteiger partial charge in [0.1, 0.15) is 11.9 Å². The maximum atomic E-state index is 5.56. The average molecular weight is 306 g/mol. The third kappa shape index (κ3) is 3.17. The number of aryl methyl sites for hydroxylation is 1. The summed E-state index contributed by atoms with van der Waals surface area (Å²) in [6.45, 7) is 10.8. The molecular formula is C14H22N6O2. The molecule has 0 amide bonds. The number of aromatic amines is 1. The summed E-state index contributed by atoms with van der Waals surface area (Å²) in [5, 5.41) is 11.2. The maximum absolute atomic E-state index is 5.56. The number of nitrogens with zero attached hydrogens (tertiary/aromatic N) is 5. The van der Waals surface area contributed by atoms with Gasteiger partial charge in [0.25, 0.3) is 0 Å². The zero-order valence-electron chi connectivity index (χ0n) is 13.5. The van der Waals surface area contributed by atoms with E-state index < -0.39 is 0 Å². The largest absolute Gasteiger partial charge is 0.378 e. The third-order valence-corrected chi connectivity index (χ3v) is 3.62. The number of rotatable bonds is 3. The number of hydrogen-bond donors (Lipinski definition) is 1. The Morgan fingerprint density at radius 2 is 2.14 bits per heavy atom. The second-order valence-corrected chi connectivity index (χ2v) is 6.60. The van der Waals surface area contributed by atoms with E-state index in [2.05, 4.69) is 51.0 Å². The number of hydrogen-bond acceptors (Lipinski definition) is 7. The van der Waals surface area contributed by atoms with Crippen molar-refractivity contribution in [1.82, 2.24) is 30.2 Å². The van der Waals surface area contributed by atoms with Crippen molar-refractivity contribution in [1.29, 1.82) is 0 Å². The number of H-pyrrole nitrogens is 1. The van der Waals surface area contributed by atoms with Crippen LogP contribution in [0.2, 0.25) is 0 Å². The number of aromatic nitrogens is 5. The van der Waals surface area contributed by atoms with Crippen LogP contribution in [0, 0.1) is 6.92 Å². The summed E-state index contributed by atoms with van der Waals surface area (Å²) in [4.78, 5) is 11.1. The van der Waals surface area contributed by atoms with E-state index in [0.717, 1.165) is 18.2 Å². The maximum Gasteiger partial charge on any atom is 0.246 e. The van der Waals surface area contributed by atoms with Gasteiger partial charge in [-0.05, 0) is 6.92 Å². The minimum atomic E-state index is -0.0667. The molecule has 120 valence electrons. The van der Waals surface area contributed by atoms with Crippen LogP contribution >= 0.6 is 0 Å². The van der Waals surface area contributed by atoms with Gasteiger partial charge >= 0.3 is 0 Å². The standard InChI is InChI=1S/C14H22N6O2/c1-9-15-12(22-19-9)10-8-21-6-5-20(10)7-11-16-13(18-17-11)14(2,3)4/h10H,5-8H2,1-4H3,(H,16,17,18). The van der Waals surface area contributed by atoms with E-state index in [4.69, 9.17) is 9.26 Å². The van der Waals surface area contributed by atoms with Gasteiger partial charge in [0.2, 0.25) is 5.89 Å². The van der Waals surface area contributed by atoms with Crippen LogP contribution in [0.4, 0.5) is 0 Å². The first-order valence-corrected chi connectivity index (χ1v) is 7.47. The van der Waals surface area contributed by atoms with Crippen LogP contribution < -0.4 is 0 Å². The molecule has 3 rings (SSSR count). The lowest BCUT2D eigenvalue weighted by atomic mass is 9.96. The molecule has 1 atom stereocenters. The van der Waals surface area contributed by atoms with Gasteiger partial charge in [-0.25, -0.2) is 4.98 Å². The Hall–Kier alpha value is -1.80. The molecule has 1 fully saturated rings. The minimum Gasteiger partial charge on any atom is -0.378 e. The molecule has 22 heavy (non-hydrogen) atoms. The first kappa shape index (κ1) is 15.1. The molecule has 0 spiro atoms. The van der Waals surface area contributed by atoms with Gasteiger partial charge in [-0.1, -0.05) is 25.9 Å². The summed E-state index contributed by atoms with van der Waals surface area (Å²) >= 11 is 0. The smallest absolute Gasteiger partial charge is 0.246 e. The normalized spacial score (nSPS) is 20.5. The average Bonchev–Trinajstić information content (AvgIpc) is 3.08. The highest BCUT2D eigenvalue weighted by Crippen LogP contribution is 2.25. The monoisotopic (exact) mass is 306 g/mol. The molecule has 0 radical (unpaired) electrons. The van der Waals surface area contributed by atoms with E-state index in [0.29, 0.717) is 31.5 Å². The summed E-state index contributed by atoms with van der Waals surface area (Å²) in [6.07, 6.45) is 0. The molecule has 0 bridgehead atoms. The molecule has 2 aromatic heterocycles. The molecule has 0 saturated carbocycles. The van der Waals surface area contributed by atoms with Crippen LogP contribution in [-0.4, -0.2) is 50.0 Å². The van der Waals surface area contributed by atoms with Crippen molar-refractivity contribution in [2.45, 2.75) is 45.7 Å². The molecular weight excluding hydrogens is 284 g/mol. The van der Waals surface area contributed by atoms with E-state index in [1.807, 2.05) is 6.92 Å². The Kier molecular flexibility index (Phi) is 3.96. The Morgan fingerprint density at radius 1 is 1.32 bits per heavy atom. The zero-order chi connectivity index (χ0) is 15.7. The van der Waals surface area contributed by atoms with Gasteiger partial charge in [0.15, 0.2) is 11.6 Å². The van der Waals surface area contributed by atoms with Crippen LogP contribution in [-0.2, 0) is 16.7 Å². The van der Waals surface area contributed by atoms with Crippen molar-refractivity contribution < 1.29 is 9.26 Å². The first-order valence-electron chi connectivity index (χ1n) is 7.47. The highest BCUT2D eigenvalue weighted by atomic mass is 16.5. The number of morpholine rings is 1. The molecule has 1 aliphatic heterocycles. The summed E-state index contributed by atoms with van der Waals surface area (Å²) < 4.78 is 10.9. The van der Waals surface area contributed by atoms with Crippen molar-refractivity contribution in [2.75, 3.05) is 19.8 Å². The Morgan fingerprint density at radius 3 is 2.77 bits per heavy atom. The van der Waals surface area contributed by atoms with E-state index in [1.165, 1.54) is 0 Å². The lowest BCUT2D eigenvalue weighted by molar-refractivity contribution is -0.0251. The molecule has 1 N–H and O–H groups in total. The molecule has 1 aliphatic rings. The predicted molar refractivity (Wildman–Crippen MR) is 78.1 cm³/mol. The molecule has 0 aromatic carbocycles. The van der Waals surface area contributed by atoms with Crippen LogP contribution in [0.25, 0.3) is 0 Å².